The van der Waals surface area contributed by atoms with Crippen molar-refractivity contribution in [3.63, 3.8) is 0 Å². The van der Waals surface area contributed by atoms with Crippen molar-refractivity contribution in [2.75, 3.05) is 33.8 Å². The molecule has 1 aliphatic rings. The summed E-state index contributed by atoms with van der Waals surface area (Å²) in [6.07, 6.45) is 0.879. The van der Waals surface area contributed by atoms with Crippen LogP contribution in [0.1, 0.15) is 18.9 Å². The first-order valence-electron chi connectivity index (χ1n) is 9.21. The summed E-state index contributed by atoms with van der Waals surface area (Å²) in [7, 11) is 3.46. The minimum atomic E-state index is -1.03. The molecule has 6 heteroatoms. The van der Waals surface area contributed by atoms with Crippen molar-refractivity contribution in [2.24, 2.45) is 0 Å². The summed E-state index contributed by atoms with van der Waals surface area (Å²) in [6, 6.07) is 12.4. The largest absolute Gasteiger partial charge is 0.361 e. The number of ether oxygens (including phenoxy) is 1. The molecule has 0 radical (unpaired) electrons. The van der Waals surface area contributed by atoms with Crippen LogP contribution in [0, 0.1) is 0 Å². The van der Waals surface area contributed by atoms with Crippen molar-refractivity contribution < 1.29 is 14.3 Å². The average molecular weight is 387 g/mol. The van der Waals surface area contributed by atoms with Crippen molar-refractivity contribution in [1.82, 2.24) is 9.80 Å². The Morgan fingerprint density at radius 2 is 1.96 bits per heavy atom. The Kier molecular flexibility index (Phi) is 5.97. The first-order valence-corrected chi connectivity index (χ1v) is 10.1. The zero-order chi connectivity index (χ0) is 19.4. The van der Waals surface area contributed by atoms with Crippen LogP contribution in [0.5, 0.6) is 0 Å². The van der Waals surface area contributed by atoms with Crippen LogP contribution in [-0.4, -0.2) is 61.0 Å². The number of likely N-dealkylation sites (N-methyl/N-ethyl adjacent to an activating group) is 1. The molecule has 1 aromatic carbocycles. The van der Waals surface area contributed by atoms with Crippen LogP contribution < -0.4 is 0 Å². The zero-order valence-corrected chi connectivity index (χ0v) is 16.9. The van der Waals surface area contributed by atoms with Crippen molar-refractivity contribution in [2.45, 2.75) is 25.4 Å². The van der Waals surface area contributed by atoms with Crippen LogP contribution in [-0.2, 0) is 20.7 Å². The molecule has 1 fully saturated rings. The van der Waals surface area contributed by atoms with Gasteiger partial charge in [-0.1, -0.05) is 37.3 Å². The zero-order valence-electron chi connectivity index (χ0n) is 16.1. The number of hydrogen-bond donors (Lipinski definition) is 0. The number of benzene rings is 1. The highest BCUT2D eigenvalue weighted by Crippen LogP contribution is 2.29. The molecule has 0 aliphatic carbocycles. The van der Waals surface area contributed by atoms with Gasteiger partial charge >= 0.3 is 0 Å². The van der Waals surface area contributed by atoms with Gasteiger partial charge in [0.25, 0.3) is 5.91 Å². The lowest BCUT2D eigenvalue weighted by Gasteiger charge is -2.42. The molecule has 3 rings (SSSR count). The SMILES string of the molecule is CCC(=O)N1CCO[C@@](Cc2ccc(-c3cccs3)cc2)(C(=O)N(C)C)C1. The third-order valence-corrected chi connectivity index (χ3v) is 5.81. The molecule has 1 aromatic heterocycles. The molecule has 0 saturated carbocycles. The molecule has 0 bridgehead atoms. The Balaban J connectivity index is 1.85. The molecule has 1 atom stereocenters. The lowest BCUT2D eigenvalue weighted by molar-refractivity contribution is -0.172. The maximum atomic E-state index is 13.0. The third kappa shape index (κ3) is 4.22. The number of morpholine rings is 1. The van der Waals surface area contributed by atoms with Gasteiger partial charge in [-0.25, -0.2) is 0 Å². The van der Waals surface area contributed by atoms with E-state index in [1.54, 1.807) is 35.2 Å². The molecule has 0 spiro atoms. The van der Waals surface area contributed by atoms with Crippen molar-refractivity contribution >= 4 is 23.2 Å². The Labute approximate surface area is 164 Å². The average Bonchev–Trinajstić information content (AvgIpc) is 3.22. The minimum absolute atomic E-state index is 0.0577. The van der Waals surface area contributed by atoms with E-state index < -0.39 is 5.60 Å². The number of thiophene rings is 1. The molecular formula is C21H26N2O3S. The van der Waals surface area contributed by atoms with E-state index in [-0.39, 0.29) is 11.8 Å². The fourth-order valence-electron chi connectivity index (χ4n) is 3.50. The van der Waals surface area contributed by atoms with Gasteiger partial charge in [0.15, 0.2) is 5.60 Å². The lowest BCUT2D eigenvalue weighted by atomic mass is 9.90. The van der Waals surface area contributed by atoms with Gasteiger partial charge in [0.05, 0.1) is 13.2 Å². The maximum absolute atomic E-state index is 13.0. The summed E-state index contributed by atoms with van der Waals surface area (Å²) in [6.45, 7) is 3.05. The third-order valence-electron chi connectivity index (χ3n) is 4.89. The number of carbonyl (C=O) groups excluding carboxylic acids is 2. The van der Waals surface area contributed by atoms with Crippen molar-refractivity contribution in [1.29, 1.82) is 0 Å². The Hall–Kier alpha value is -2.18. The van der Waals surface area contributed by atoms with Crippen LogP contribution in [0.4, 0.5) is 0 Å². The second-order valence-electron chi connectivity index (χ2n) is 7.06. The first-order chi connectivity index (χ1) is 12.9. The second kappa shape index (κ2) is 8.23. The lowest BCUT2D eigenvalue weighted by Crippen LogP contribution is -2.61. The van der Waals surface area contributed by atoms with Gasteiger partial charge in [0.1, 0.15) is 0 Å². The number of nitrogens with zero attached hydrogens (tertiary/aromatic N) is 2. The summed E-state index contributed by atoms with van der Waals surface area (Å²) >= 11 is 1.70. The van der Waals surface area contributed by atoms with E-state index in [2.05, 4.69) is 23.6 Å². The van der Waals surface area contributed by atoms with Crippen molar-refractivity contribution in [3.05, 3.63) is 47.3 Å². The normalized spacial score (nSPS) is 19.7. The summed E-state index contributed by atoms with van der Waals surface area (Å²) in [5.74, 6) is -0.0410. The number of hydrogen-bond acceptors (Lipinski definition) is 4. The Morgan fingerprint density at radius 3 is 2.56 bits per heavy atom. The van der Waals surface area contributed by atoms with E-state index in [0.29, 0.717) is 32.5 Å². The molecule has 5 nitrogen and oxygen atoms in total. The summed E-state index contributed by atoms with van der Waals surface area (Å²) < 4.78 is 6.04. The highest BCUT2D eigenvalue weighted by molar-refractivity contribution is 7.13. The highest BCUT2D eigenvalue weighted by atomic mass is 32.1. The molecule has 144 valence electrons. The smallest absolute Gasteiger partial charge is 0.256 e. The molecular weight excluding hydrogens is 360 g/mol. The first kappa shape index (κ1) is 19.6. The van der Waals surface area contributed by atoms with E-state index >= 15 is 0 Å². The van der Waals surface area contributed by atoms with Gasteiger partial charge in [-0.2, -0.15) is 0 Å². The molecule has 27 heavy (non-hydrogen) atoms. The maximum Gasteiger partial charge on any atom is 0.256 e. The van der Waals surface area contributed by atoms with E-state index in [1.807, 2.05) is 25.1 Å². The monoisotopic (exact) mass is 386 g/mol. The van der Waals surface area contributed by atoms with Gasteiger partial charge < -0.3 is 14.5 Å². The van der Waals surface area contributed by atoms with E-state index in [9.17, 15) is 9.59 Å². The van der Waals surface area contributed by atoms with E-state index in [4.69, 9.17) is 4.74 Å². The van der Waals surface area contributed by atoms with E-state index in [1.165, 1.54) is 4.88 Å². The molecule has 2 heterocycles. The standard InChI is InChI=1S/C21H26N2O3S/c1-4-19(24)23-11-12-26-21(15-23,20(25)22(2)3)14-16-7-9-17(10-8-16)18-6-5-13-27-18/h5-10,13H,4,11-12,14-15H2,1-3H3/t21-/m1/s1. The molecule has 1 saturated heterocycles. The van der Waals surface area contributed by atoms with Gasteiger partial charge in [0, 0.05) is 38.4 Å². The topological polar surface area (TPSA) is 49.9 Å². The highest BCUT2D eigenvalue weighted by Gasteiger charge is 2.45. The van der Waals surface area contributed by atoms with Gasteiger partial charge in [-0.05, 0) is 22.6 Å². The van der Waals surface area contributed by atoms with Crippen LogP contribution in [0.2, 0.25) is 0 Å². The second-order valence-corrected chi connectivity index (χ2v) is 8.01. The Bertz CT molecular complexity index is 786. The number of rotatable bonds is 5. The fraction of sp³-hybridized carbons (Fsp3) is 0.429. The van der Waals surface area contributed by atoms with E-state index in [0.717, 1.165) is 11.1 Å². The number of amides is 2. The molecule has 1 aliphatic heterocycles. The fourth-order valence-corrected chi connectivity index (χ4v) is 4.23. The predicted molar refractivity (Wildman–Crippen MR) is 108 cm³/mol. The minimum Gasteiger partial charge on any atom is -0.361 e. The van der Waals surface area contributed by atoms with Crippen LogP contribution >= 0.6 is 11.3 Å². The Morgan fingerprint density at radius 1 is 1.22 bits per heavy atom. The molecule has 0 unspecified atom stereocenters. The number of carbonyl (C=O) groups is 2. The van der Waals surface area contributed by atoms with Gasteiger partial charge in [0.2, 0.25) is 5.91 Å². The molecule has 2 aromatic rings. The van der Waals surface area contributed by atoms with Gasteiger partial charge in [-0.3, -0.25) is 9.59 Å². The molecule has 2 amide bonds. The van der Waals surface area contributed by atoms with Crippen LogP contribution in [0.3, 0.4) is 0 Å². The summed E-state index contributed by atoms with van der Waals surface area (Å²) in [5.41, 5.74) is 1.15. The summed E-state index contributed by atoms with van der Waals surface area (Å²) in [5, 5.41) is 2.06. The van der Waals surface area contributed by atoms with Gasteiger partial charge in [-0.15, -0.1) is 11.3 Å². The van der Waals surface area contributed by atoms with Crippen molar-refractivity contribution in [3.8, 4) is 10.4 Å². The quantitative estimate of drug-likeness (QED) is 0.794. The van der Waals surface area contributed by atoms with Crippen LogP contribution in [0.15, 0.2) is 41.8 Å². The summed E-state index contributed by atoms with van der Waals surface area (Å²) in [4.78, 5) is 29.7. The molecule has 0 N–H and O–H groups in total. The predicted octanol–water partition coefficient (Wildman–Crippen LogP) is 3.05. The van der Waals surface area contributed by atoms with Crippen LogP contribution in [0.25, 0.3) is 10.4 Å².